The lowest BCUT2D eigenvalue weighted by Gasteiger charge is -2.25. The molecular formula is C9H20ClNO. The van der Waals surface area contributed by atoms with Crippen LogP contribution in [0.15, 0.2) is 0 Å². The van der Waals surface area contributed by atoms with Gasteiger partial charge in [-0.05, 0) is 27.2 Å². The molecule has 0 amide bonds. The van der Waals surface area contributed by atoms with Crippen LogP contribution in [0, 0.1) is 0 Å². The summed E-state index contributed by atoms with van der Waals surface area (Å²) in [5, 5.41) is 3.49. The molecule has 1 fully saturated rings. The van der Waals surface area contributed by atoms with Crippen LogP contribution in [0.2, 0.25) is 0 Å². The molecule has 1 heterocycles. The van der Waals surface area contributed by atoms with Gasteiger partial charge in [0.05, 0.1) is 6.61 Å². The molecule has 1 N–H and O–H groups in total. The smallest absolute Gasteiger partial charge is 0.116 e. The van der Waals surface area contributed by atoms with E-state index in [1.807, 2.05) is 0 Å². The van der Waals surface area contributed by atoms with Crippen LogP contribution < -0.4 is 5.32 Å². The maximum atomic E-state index is 5.68. The predicted molar refractivity (Wildman–Crippen MR) is 53.7 cm³/mol. The van der Waals surface area contributed by atoms with E-state index in [1.165, 1.54) is 6.42 Å². The molecule has 1 aliphatic heterocycles. The molecule has 3 heteroatoms. The van der Waals surface area contributed by atoms with Crippen LogP contribution in [-0.2, 0) is 4.74 Å². The van der Waals surface area contributed by atoms with E-state index in [9.17, 15) is 0 Å². The van der Waals surface area contributed by atoms with Gasteiger partial charge in [-0.25, -0.2) is 0 Å². The molecule has 0 saturated carbocycles. The molecule has 1 saturated heterocycles. The third kappa shape index (κ3) is 2.92. The van der Waals surface area contributed by atoms with Gasteiger partial charge >= 0.3 is 0 Å². The number of nitrogens with one attached hydrogen (secondary N) is 1. The van der Waals surface area contributed by atoms with E-state index in [0.717, 1.165) is 13.0 Å². The van der Waals surface area contributed by atoms with Gasteiger partial charge in [-0.2, -0.15) is 0 Å². The molecule has 1 unspecified atom stereocenters. The van der Waals surface area contributed by atoms with Crippen molar-refractivity contribution in [3.05, 3.63) is 0 Å². The first kappa shape index (κ1) is 12.2. The molecule has 0 radical (unpaired) electrons. The third-order valence-electron chi connectivity index (χ3n) is 2.08. The van der Waals surface area contributed by atoms with Crippen molar-refractivity contribution in [2.75, 3.05) is 6.61 Å². The second-order valence-corrected chi connectivity index (χ2v) is 4.28. The average Bonchev–Trinajstić information content (AvgIpc) is 2.07. The summed E-state index contributed by atoms with van der Waals surface area (Å²) in [6.45, 7) is 9.48. The zero-order chi connectivity index (χ0) is 8.54. The largest absolute Gasteiger partial charge is 0.359 e. The number of hydrogen-bond acceptors (Lipinski definition) is 2. The van der Waals surface area contributed by atoms with Gasteiger partial charge in [-0.15, -0.1) is 12.4 Å². The fourth-order valence-corrected chi connectivity index (χ4v) is 1.74. The SMILES string of the molecule is CCCC1(C)NC(C)(C)CO1.Cl. The van der Waals surface area contributed by atoms with Crippen molar-refractivity contribution in [2.24, 2.45) is 0 Å². The fourth-order valence-electron chi connectivity index (χ4n) is 1.74. The highest BCUT2D eigenvalue weighted by Crippen LogP contribution is 2.26. The number of hydrogen-bond donors (Lipinski definition) is 1. The van der Waals surface area contributed by atoms with E-state index in [1.54, 1.807) is 0 Å². The van der Waals surface area contributed by atoms with Crippen LogP contribution in [0.25, 0.3) is 0 Å². The lowest BCUT2D eigenvalue weighted by Crippen LogP contribution is -2.46. The van der Waals surface area contributed by atoms with Crippen LogP contribution in [0.4, 0.5) is 0 Å². The molecule has 0 aromatic carbocycles. The lowest BCUT2D eigenvalue weighted by molar-refractivity contribution is -0.00126. The molecule has 0 bridgehead atoms. The molecule has 1 aliphatic rings. The van der Waals surface area contributed by atoms with Gasteiger partial charge in [0.15, 0.2) is 0 Å². The highest BCUT2D eigenvalue weighted by Gasteiger charge is 2.38. The molecule has 0 aromatic heterocycles. The van der Waals surface area contributed by atoms with E-state index in [2.05, 4.69) is 33.0 Å². The van der Waals surface area contributed by atoms with E-state index < -0.39 is 0 Å². The first-order chi connectivity index (χ1) is 4.97. The summed E-state index contributed by atoms with van der Waals surface area (Å²) in [4.78, 5) is 0. The Labute approximate surface area is 81.5 Å². The Bertz CT molecular complexity index is 149. The minimum atomic E-state index is -0.0712. The van der Waals surface area contributed by atoms with Gasteiger partial charge in [-0.1, -0.05) is 13.3 Å². The maximum absolute atomic E-state index is 5.68. The zero-order valence-corrected chi connectivity index (χ0v) is 9.25. The molecule has 2 nitrogen and oxygen atoms in total. The van der Waals surface area contributed by atoms with Gasteiger partial charge in [0, 0.05) is 5.54 Å². The Kier molecular flexibility index (Phi) is 4.01. The Morgan fingerprint density at radius 1 is 1.33 bits per heavy atom. The zero-order valence-electron chi connectivity index (χ0n) is 8.44. The van der Waals surface area contributed by atoms with Crippen molar-refractivity contribution in [1.82, 2.24) is 5.32 Å². The quantitative estimate of drug-likeness (QED) is 0.727. The second-order valence-electron chi connectivity index (χ2n) is 4.28. The van der Waals surface area contributed by atoms with Crippen molar-refractivity contribution >= 4 is 12.4 Å². The molecule has 1 atom stereocenters. The highest BCUT2D eigenvalue weighted by molar-refractivity contribution is 5.85. The van der Waals surface area contributed by atoms with Crippen molar-refractivity contribution < 1.29 is 4.74 Å². The number of halogens is 1. The Hall–Kier alpha value is 0.210. The second kappa shape index (κ2) is 3.95. The van der Waals surface area contributed by atoms with Crippen LogP contribution >= 0.6 is 12.4 Å². The van der Waals surface area contributed by atoms with E-state index in [4.69, 9.17) is 4.74 Å². The summed E-state index contributed by atoms with van der Waals surface area (Å²) in [6.07, 6.45) is 2.26. The molecule has 0 aliphatic carbocycles. The van der Waals surface area contributed by atoms with Crippen LogP contribution in [0.5, 0.6) is 0 Å². The standard InChI is InChI=1S/C9H19NO.ClH/c1-5-6-9(4)10-8(2,3)7-11-9;/h10H,5-7H2,1-4H3;1H. The topological polar surface area (TPSA) is 21.3 Å². The Balaban J connectivity index is 0.00000121. The summed E-state index contributed by atoms with van der Waals surface area (Å²) >= 11 is 0. The van der Waals surface area contributed by atoms with Crippen LogP contribution in [0.3, 0.4) is 0 Å². The van der Waals surface area contributed by atoms with Crippen molar-refractivity contribution in [1.29, 1.82) is 0 Å². The highest BCUT2D eigenvalue weighted by atomic mass is 35.5. The normalized spacial score (nSPS) is 33.0. The van der Waals surface area contributed by atoms with E-state index in [0.29, 0.717) is 0 Å². The third-order valence-corrected chi connectivity index (χ3v) is 2.08. The van der Waals surface area contributed by atoms with Gasteiger partial charge in [0.2, 0.25) is 0 Å². The molecular weight excluding hydrogens is 174 g/mol. The van der Waals surface area contributed by atoms with Gasteiger partial charge in [0.1, 0.15) is 5.72 Å². The number of rotatable bonds is 2. The predicted octanol–water partition coefficient (Wildman–Crippen LogP) is 2.32. The van der Waals surface area contributed by atoms with Crippen LogP contribution in [0.1, 0.15) is 40.5 Å². The summed E-state index contributed by atoms with van der Waals surface area (Å²) in [6, 6.07) is 0. The van der Waals surface area contributed by atoms with Crippen molar-refractivity contribution in [3.63, 3.8) is 0 Å². The van der Waals surface area contributed by atoms with Gasteiger partial charge in [0.25, 0.3) is 0 Å². The monoisotopic (exact) mass is 193 g/mol. The molecule has 12 heavy (non-hydrogen) atoms. The first-order valence-electron chi connectivity index (χ1n) is 4.41. The van der Waals surface area contributed by atoms with Gasteiger partial charge in [-0.3, -0.25) is 5.32 Å². The first-order valence-corrected chi connectivity index (χ1v) is 4.41. The lowest BCUT2D eigenvalue weighted by atomic mass is 10.1. The maximum Gasteiger partial charge on any atom is 0.116 e. The van der Waals surface area contributed by atoms with Crippen LogP contribution in [-0.4, -0.2) is 17.9 Å². The van der Waals surface area contributed by atoms with E-state index in [-0.39, 0.29) is 23.7 Å². The Morgan fingerprint density at radius 3 is 2.25 bits per heavy atom. The fraction of sp³-hybridized carbons (Fsp3) is 1.00. The molecule has 0 spiro atoms. The van der Waals surface area contributed by atoms with Crippen molar-refractivity contribution in [3.8, 4) is 0 Å². The summed E-state index contributed by atoms with van der Waals surface area (Å²) in [5.74, 6) is 0. The molecule has 0 aromatic rings. The Morgan fingerprint density at radius 2 is 1.92 bits per heavy atom. The minimum absolute atomic E-state index is 0. The summed E-state index contributed by atoms with van der Waals surface area (Å²) < 4.78 is 5.68. The minimum Gasteiger partial charge on any atom is -0.359 e. The van der Waals surface area contributed by atoms with Crippen molar-refractivity contribution in [2.45, 2.75) is 51.8 Å². The molecule has 1 rings (SSSR count). The average molecular weight is 194 g/mol. The molecule has 74 valence electrons. The number of ether oxygens (including phenoxy) is 1. The van der Waals surface area contributed by atoms with E-state index >= 15 is 0 Å². The van der Waals surface area contributed by atoms with Gasteiger partial charge < -0.3 is 4.74 Å². The summed E-state index contributed by atoms with van der Waals surface area (Å²) in [5.41, 5.74) is 0.0855. The summed E-state index contributed by atoms with van der Waals surface area (Å²) in [7, 11) is 0.